The van der Waals surface area contributed by atoms with Crippen LogP contribution in [0.3, 0.4) is 0 Å². The van der Waals surface area contributed by atoms with Gasteiger partial charge >= 0.3 is 0 Å². The van der Waals surface area contributed by atoms with Crippen LogP contribution in [0.4, 0.5) is 17.1 Å². The normalized spacial score (nSPS) is 10.5. The summed E-state index contributed by atoms with van der Waals surface area (Å²) in [7, 11) is 0. The van der Waals surface area contributed by atoms with Crippen LogP contribution in [0.25, 0.3) is 0 Å². The van der Waals surface area contributed by atoms with Gasteiger partial charge in [-0.2, -0.15) is 0 Å². The molecule has 0 atom stereocenters. The number of carbonyl (C=O) groups is 2. The number of carbonyl (C=O) groups excluding carboxylic acids is 2. The number of nitrogens with one attached hydrogen (secondary N) is 2. The summed E-state index contributed by atoms with van der Waals surface area (Å²) in [4.78, 5) is 27.0. The highest BCUT2D eigenvalue weighted by molar-refractivity contribution is 6.06. The minimum atomic E-state index is -0.167. The number of hydrogen-bond acceptors (Lipinski definition) is 4. The van der Waals surface area contributed by atoms with Crippen LogP contribution in [0.1, 0.15) is 49.9 Å². The molecule has 0 unspecified atom stereocenters. The molecule has 2 amide bonds. The van der Waals surface area contributed by atoms with Gasteiger partial charge in [-0.3, -0.25) is 9.59 Å². The average Bonchev–Trinajstić information content (AvgIpc) is 2.89. The van der Waals surface area contributed by atoms with E-state index in [0.29, 0.717) is 17.8 Å². The third-order valence-electron chi connectivity index (χ3n) is 5.62. The Morgan fingerprint density at radius 1 is 0.800 bits per heavy atom. The van der Waals surface area contributed by atoms with Crippen LogP contribution in [0.2, 0.25) is 0 Å². The lowest BCUT2D eigenvalue weighted by Gasteiger charge is -2.21. The van der Waals surface area contributed by atoms with Crippen molar-refractivity contribution in [1.29, 1.82) is 0 Å². The van der Waals surface area contributed by atoms with E-state index in [1.165, 1.54) is 19.3 Å². The van der Waals surface area contributed by atoms with Gasteiger partial charge in [-0.05, 0) is 74.0 Å². The maximum atomic E-state index is 12.9. The molecule has 3 aromatic rings. The number of para-hydroxylation sites is 1. The molecule has 0 heterocycles. The Bertz CT molecular complexity index is 1050. The van der Waals surface area contributed by atoms with E-state index in [0.717, 1.165) is 30.2 Å². The fourth-order valence-corrected chi connectivity index (χ4v) is 3.68. The van der Waals surface area contributed by atoms with Crippen LogP contribution in [0, 0.1) is 0 Å². The predicted molar refractivity (Wildman–Crippen MR) is 143 cm³/mol. The molecule has 184 valence electrons. The first-order chi connectivity index (χ1) is 17.1. The van der Waals surface area contributed by atoms with Crippen LogP contribution >= 0.6 is 0 Å². The molecule has 0 radical (unpaired) electrons. The zero-order valence-electron chi connectivity index (χ0n) is 20.6. The molecule has 6 nitrogen and oxygen atoms in total. The van der Waals surface area contributed by atoms with E-state index in [4.69, 9.17) is 4.74 Å². The van der Waals surface area contributed by atoms with Crippen LogP contribution in [0.15, 0.2) is 78.9 Å². The number of nitrogens with zero attached hydrogens (tertiary/aromatic N) is 1. The Labute approximate surface area is 208 Å². The van der Waals surface area contributed by atoms with Crippen molar-refractivity contribution in [3.63, 3.8) is 0 Å². The second-order valence-electron chi connectivity index (χ2n) is 8.30. The Morgan fingerprint density at radius 2 is 1.49 bits per heavy atom. The highest BCUT2D eigenvalue weighted by Gasteiger charge is 2.16. The topological polar surface area (TPSA) is 70.7 Å². The molecule has 3 rings (SSSR count). The first-order valence-electron chi connectivity index (χ1n) is 12.3. The van der Waals surface area contributed by atoms with E-state index in [-0.39, 0.29) is 18.4 Å². The lowest BCUT2D eigenvalue weighted by molar-refractivity contribution is -0.114. The van der Waals surface area contributed by atoms with E-state index in [1.54, 1.807) is 29.2 Å². The highest BCUT2D eigenvalue weighted by Crippen LogP contribution is 2.19. The maximum Gasteiger partial charge on any atom is 0.258 e. The summed E-state index contributed by atoms with van der Waals surface area (Å²) < 4.78 is 5.75. The minimum absolute atomic E-state index is 0.0772. The predicted octanol–water partition coefficient (Wildman–Crippen LogP) is 6.36. The Morgan fingerprint density at radius 3 is 2.14 bits per heavy atom. The van der Waals surface area contributed by atoms with Gasteiger partial charge < -0.3 is 20.3 Å². The SMILES string of the molecule is CCCCCCOc1ccc(NCC(=O)Nc2ccc(C(=O)N(CC)c3ccccc3)cc2)cc1. The molecule has 6 heteroatoms. The zero-order chi connectivity index (χ0) is 24.9. The molecule has 0 fully saturated rings. The van der Waals surface area contributed by atoms with Gasteiger partial charge in [0.1, 0.15) is 5.75 Å². The van der Waals surface area contributed by atoms with Crippen molar-refractivity contribution < 1.29 is 14.3 Å². The Kier molecular flexibility index (Phi) is 10.2. The summed E-state index contributed by atoms with van der Waals surface area (Å²) in [6, 6.07) is 24.2. The van der Waals surface area contributed by atoms with Gasteiger partial charge in [0.05, 0.1) is 13.2 Å². The molecular formula is C29H35N3O3. The Balaban J connectivity index is 1.45. The van der Waals surface area contributed by atoms with E-state index < -0.39 is 0 Å². The van der Waals surface area contributed by atoms with E-state index in [1.807, 2.05) is 61.5 Å². The van der Waals surface area contributed by atoms with Gasteiger partial charge in [0.25, 0.3) is 5.91 Å². The molecule has 0 aromatic heterocycles. The zero-order valence-corrected chi connectivity index (χ0v) is 20.6. The second-order valence-corrected chi connectivity index (χ2v) is 8.30. The maximum absolute atomic E-state index is 12.9. The van der Waals surface area contributed by atoms with Crippen molar-refractivity contribution in [2.75, 3.05) is 35.2 Å². The van der Waals surface area contributed by atoms with Gasteiger partial charge in [-0.25, -0.2) is 0 Å². The number of unbranched alkanes of at least 4 members (excludes halogenated alkanes) is 3. The quantitative estimate of drug-likeness (QED) is 0.283. The Hall–Kier alpha value is -3.80. The standard InChI is InChI=1S/C29H35N3O3/c1-3-5-6-10-21-35-27-19-17-24(18-20-27)30-22-28(33)31-25-15-13-23(14-16-25)29(34)32(4-2)26-11-8-7-9-12-26/h7-9,11-20,30H,3-6,10,21-22H2,1-2H3,(H,31,33). The molecule has 0 saturated carbocycles. The minimum Gasteiger partial charge on any atom is -0.494 e. The number of amides is 2. The lowest BCUT2D eigenvalue weighted by atomic mass is 10.1. The van der Waals surface area contributed by atoms with Gasteiger partial charge in [0, 0.05) is 29.2 Å². The van der Waals surface area contributed by atoms with Crippen molar-refractivity contribution in [2.45, 2.75) is 39.5 Å². The summed E-state index contributed by atoms with van der Waals surface area (Å²) >= 11 is 0. The summed E-state index contributed by atoms with van der Waals surface area (Å²) in [5, 5.41) is 5.98. The molecule has 0 saturated heterocycles. The lowest BCUT2D eigenvalue weighted by Crippen LogP contribution is -2.30. The van der Waals surface area contributed by atoms with Crippen LogP contribution < -0.4 is 20.3 Å². The molecule has 35 heavy (non-hydrogen) atoms. The number of ether oxygens (including phenoxy) is 1. The van der Waals surface area contributed by atoms with Crippen molar-refractivity contribution in [3.8, 4) is 5.75 Å². The molecular weight excluding hydrogens is 438 g/mol. The first-order valence-corrected chi connectivity index (χ1v) is 12.3. The van der Waals surface area contributed by atoms with Crippen molar-refractivity contribution >= 4 is 28.9 Å². The van der Waals surface area contributed by atoms with E-state index in [9.17, 15) is 9.59 Å². The van der Waals surface area contributed by atoms with Crippen LogP contribution in [-0.4, -0.2) is 31.5 Å². The summed E-state index contributed by atoms with van der Waals surface area (Å²) in [5.74, 6) is 0.589. The van der Waals surface area contributed by atoms with Crippen LogP contribution in [-0.2, 0) is 4.79 Å². The summed E-state index contributed by atoms with van der Waals surface area (Å²) in [6.07, 6.45) is 4.70. The van der Waals surface area contributed by atoms with Crippen molar-refractivity contribution in [2.24, 2.45) is 0 Å². The number of anilines is 3. The number of hydrogen-bond donors (Lipinski definition) is 2. The highest BCUT2D eigenvalue weighted by atomic mass is 16.5. The third kappa shape index (κ3) is 8.18. The fourth-order valence-electron chi connectivity index (χ4n) is 3.68. The smallest absolute Gasteiger partial charge is 0.258 e. The first kappa shape index (κ1) is 25.8. The number of rotatable bonds is 13. The molecule has 0 bridgehead atoms. The second kappa shape index (κ2) is 13.8. The third-order valence-corrected chi connectivity index (χ3v) is 5.62. The van der Waals surface area contributed by atoms with Gasteiger partial charge in [-0.15, -0.1) is 0 Å². The fraction of sp³-hybridized carbons (Fsp3) is 0.310. The van der Waals surface area contributed by atoms with Gasteiger partial charge in [0.2, 0.25) is 5.91 Å². The molecule has 0 aliphatic rings. The van der Waals surface area contributed by atoms with Gasteiger partial charge in [-0.1, -0.05) is 44.4 Å². The largest absolute Gasteiger partial charge is 0.494 e. The van der Waals surface area contributed by atoms with Crippen molar-refractivity contribution in [3.05, 3.63) is 84.4 Å². The molecule has 0 aliphatic heterocycles. The van der Waals surface area contributed by atoms with E-state index in [2.05, 4.69) is 17.6 Å². The monoisotopic (exact) mass is 473 g/mol. The molecule has 0 spiro atoms. The van der Waals surface area contributed by atoms with Crippen LogP contribution in [0.5, 0.6) is 5.75 Å². The molecule has 0 aliphatic carbocycles. The summed E-state index contributed by atoms with van der Waals surface area (Å²) in [6.45, 7) is 5.57. The van der Waals surface area contributed by atoms with E-state index >= 15 is 0 Å². The van der Waals surface area contributed by atoms with Crippen molar-refractivity contribution in [1.82, 2.24) is 0 Å². The summed E-state index contributed by atoms with van der Waals surface area (Å²) in [5.41, 5.74) is 2.91. The number of benzene rings is 3. The molecule has 2 N–H and O–H groups in total. The average molecular weight is 474 g/mol. The van der Waals surface area contributed by atoms with Gasteiger partial charge in [0.15, 0.2) is 0 Å². The molecule has 3 aromatic carbocycles.